The fourth-order valence-electron chi connectivity index (χ4n) is 1.79. The number of carbonyl (C=O) groups is 2. The van der Waals surface area contributed by atoms with Crippen LogP contribution < -0.4 is 0 Å². The van der Waals surface area contributed by atoms with E-state index >= 15 is 0 Å². The predicted octanol–water partition coefficient (Wildman–Crippen LogP) is 3.42. The lowest BCUT2D eigenvalue weighted by Gasteiger charge is -2.08. The van der Waals surface area contributed by atoms with Crippen molar-refractivity contribution in [2.24, 2.45) is 0 Å². The highest BCUT2D eigenvalue weighted by Crippen LogP contribution is 2.31. The van der Waals surface area contributed by atoms with Crippen LogP contribution in [-0.4, -0.2) is 17.4 Å². The van der Waals surface area contributed by atoms with Crippen LogP contribution in [0.2, 0.25) is 5.02 Å². The molecule has 18 heavy (non-hydrogen) atoms. The van der Waals surface area contributed by atoms with Crippen LogP contribution >= 0.6 is 11.6 Å². The van der Waals surface area contributed by atoms with Crippen molar-refractivity contribution in [3.05, 3.63) is 46.2 Å². The van der Waals surface area contributed by atoms with Gasteiger partial charge >= 0.3 is 5.97 Å². The average molecular weight is 265 g/mol. The molecule has 0 aliphatic rings. The van der Waals surface area contributed by atoms with Crippen LogP contribution in [0.25, 0.3) is 11.3 Å². The van der Waals surface area contributed by atoms with Crippen molar-refractivity contribution in [1.29, 1.82) is 0 Å². The van der Waals surface area contributed by atoms with E-state index in [4.69, 9.17) is 16.0 Å². The zero-order valence-electron chi connectivity index (χ0n) is 9.44. The summed E-state index contributed by atoms with van der Waals surface area (Å²) in [5.74, 6) is -0.612. The molecule has 5 heteroatoms. The van der Waals surface area contributed by atoms with Gasteiger partial charge in [0.15, 0.2) is 12.0 Å². The van der Waals surface area contributed by atoms with Crippen molar-refractivity contribution in [3.8, 4) is 11.3 Å². The van der Waals surface area contributed by atoms with Crippen LogP contribution in [0, 0.1) is 6.92 Å². The Morgan fingerprint density at radius 3 is 2.67 bits per heavy atom. The van der Waals surface area contributed by atoms with Gasteiger partial charge in [-0.2, -0.15) is 0 Å². The lowest BCUT2D eigenvalue weighted by atomic mass is 10.00. The van der Waals surface area contributed by atoms with Gasteiger partial charge < -0.3 is 9.52 Å². The lowest BCUT2D eigenvalue weighted by molar-refractivity contribution is 0.0697. The Hall–Kier alpha value is -2.07. The minimum Gasteiger partial charge on any atom is -0.478 e. The number of carboxylic acids is 1. The summed E-state index contributed by atoms with van der Waals surface area (Å²) in [7, 11) is 0. The standard InChI is InChI=1S/C13H9ClO4/c1-7-4-8(14)5-10(13(16)17)12(7)11-3-2-9(6-15)18-11/h2-6H,1H3,(H,16,17). The Kier molecular flexibility index (Phi) is 3.21. The van der Waals surface area contributed by atoms with Crippen molar-refractivity contribution in [1.82, 2.24) is 0 Å². The number of rotatable bonds is 3. The molecule has 1 N–H and O–H groups in total. The van der Waals surface area contributed by atoms with Gasteiger partial charge in [0, 0.05) is 10.6 Å². The third kappa shape index (κ3) is 2.15. The highest BCUT2D eigenvalue weighted by Gasteiger charge is 2.18. The smallest absolute Gasteiger partial charge is 0.336 e. The number of aryl methyl sites for hydroxylation is 1. The molecule has 2 rings (SSSR count). The minimum atomic E-state index is -1.10. The molecule has 0 radical (unpaired) electrons. The van der Waals surface area contributed by atoms with Crippen molar-refractivity contribution in [3.63, 3.8) is 0 Å². The third-order valence-electron chi connectivity index (χ3n) is 2.52. The summed E-state index contributed by atoms with van der Waals surface area (Å²) in [5.41, 5.74) is 1.15. The topological polar surface area (TPSA) is 67.5 Å². The summed E-state index contributed by atoms with van der Waals surface area (Å²) in [6, 6.07) is 6.05. The van der Waals surface area contributed by atoms with Crippen LogP contribution in [-0.2, 0) is 0 Å². The monoisotopic (exact) mass is 264 g/mol. The number of aromatic carboxylic acids is 1. The van der Waals surface area contributed by atoms with Crippen LogP contribution in [0.3, 0.4) is 0 Å². The molecule has 2 aromatic rings. The second-order valence-corrected chi connectivity index (χ2v) is 4.21. The quantitative estimate of drug-likeness (QED) is 0.863. The Morgan fingerprint density at radius 1 is 1.39 bits per heavy atom. The summed E-state index contributed by atoms with van der Waals surface area (Å²) < 4.78 is 5.26. The molecule has 92 valence electrons. The first-order valence-electron chi connectivity index (χ1n) is 5.11. The molecular weight excluding hydrogens is 256 g/mol. The van der Waals surface area contributed by atoms with Crippen LogP contribution in [0.1, 0.15) is 26.5 Å². The molecule has 0 aliphatic carbocycles. The number of hydrogen-bond acceptors (Lipinski definition) is 3. The fraction of sp³-hybridized carbons (Fsp3) is 0.0769. The number of furan rings is 1. The fourth-order valence-corrected chi connectivity index (χ4v) is 2.06. The predicted molar refractivity (Wildman–Crippen MR) is 66.2 cm³/mol. The highest BCUT2D eigenvalue weighted by molar-refractivity contribution is 6.31. The number of carbonyl (C=O) groups excluding carboxylic acids is 1. The van der Waals surface area contributed by atoms with Gasteiger partial charge in [-0.25, -0.2) is 4.79 Å². The maximum atomic E-state index is 11.2. The SMILES string of the molecule is Cc1cc(Cl)cc(C(=O)O)c1-c1ccc(C=O)o1. The van der Waals surface area contributed by atoms with E-state index in [9.17, 15) is 14.7 Å². The normalized spacial score (nSPS) is 10.3. The number of hydrogen-bond donors (Lipinski definition) is 1. The summed E-state index contributed by atoms with van der Waals surface area (Å²) in [6.07, 6.45) is 0.565. The first kappa shape index (κ1) is 12.4. The zero-order chi connectivity index (χ0) is 13.3. The Morgan fingerprint density at radius 2 is 2.11 bits per heavy atom. The molecule has 1 heterocycles. The molecule has 0 bridgehead atoms. The number of halogens is 1. The molecule has 0 spiro atoms. The van der Waals surface area contributed by atoms with E-state index in [1.54, 1.807) is 19.1 Å². The van der Waals surface area contributed by atoms with Gasteiger partial charge in [0.1, 0.15) is 5.76 Å². The number of carboxylic acid groups (broad SMARTS) is 1. The molecule has 1 aromatic carbocycles. The summed E-state index contributed by atoms with van der Waals surface area (Å²) in [4.78, 5) is 21.8. The molecule has 0 aliphatic heterocycles. The van der Waals surface area contributed by atoms with E-state index < -0.39 is 5.97 Å². The highest BCUT2D eigenvalue weighted by atomic mass is 35.5. The average Bonchev–Trinajstić information content (AvgIpc) is 2.76. The van der Waals surface area contributed by atoms with E-state index in [-0.39, 0.29) is 11.3 Å². The third-order valence-corrected chi connectivity index (χ3v) is 2.74. The zero-order valence-corrected chi connectivity index (χ0v) is 10.2. The second kappa shape index (κ2) is 4.66. The largest absolute Gasteiger partial charge is 0.478 e. The van der Waals surface area contributed by atoms with Crippen LogP contribution in [0.15, 0.2) is 28.7 Å². The number of aldehydes is 1. The molecule has 1 aromatic heterocycles. The second-order valence-electron chi connectivity index (χ2n) is 3.77. The molecule has 0 saturated heterocycles. The minimum absolute atomic E-state index is 0.0480. The first-order chi connectivity index (χ1) is 8.52. The Balaban J connectivity index is 2.69. The Bertz CT molecular complexity index is 628. The van der Waals surface area contributed by atoms with Crippen molar-refractivity contribution in [2.45, 2.75) is 6.92 Å². The molecule has 4 nitrogen and oxygen atoms in total. The molecule has 0 fully saturated rings. The van der Waals surface area contributed by atoms with Crippen molar-refractivity contribution >= 4 is 23.9 Å². The summed E-state index contributed by atoms with van der Waals surface area (Å²) >= 11 is 5.84. The molecule has 0 unspecified atom stereocenters. The molecule has 0 saturated carbocycles. The van der Waals surface area contributed by atoms with E-state index in [1.165, 1.54) is 12.1 Å². The van der Waals surface area contributed by atoms with Gasteiger partial charge in [-0.05, 0) is 36.8 Å². The molecular formula is C13H9ClO4. The number of benzene rings is 1. The first-order valence-corrected chi connectivity index (χ1v) is 5.49. The van der Waals surface area contributed by atoms with Gasteiger partial charge in [0.25, 0.3) is 0 Å². The van der Waals surface area contributed by atoms with E-state index in [0.717, 1.165) is 0 Å². The van der Waals surface area contributed by atoms with Gasteiger partial charge in [-0.1, -0.05) is 11.6 Å². The Labute approximate surface area is 108 Å². The molecule has 0 amide bonds. The maximum Gasteiger partial charge on any atom is 0.336 e. The van der Waals surface area contributed by atoms with Crippen molar-refractivity contribution < 1.29 is 19.1 Å². The van der Waals surface area contributed by atoms with Crippen molar-refractivity contribution in [2.75, 3.05) is 0 Å². The summed E-state index contributed by atoms with van der Waals surface area (Å²) in [6.45, 7) is 1.73. The lowest BCUT2D eigenvalue weighted by Crippen LogP contribution is -2.01. The van der Waals surface area contributed by atoms with Gasteiger partial charge in [0.05, 0.1) is 5.56 Å². The molecule has 0 atom stereocenters. The van der Waals surface area contributed by atoms with E-state index in [2.05, 4.69) is 0 Å². The maximum absolute atomic E-state index is 11.2. The van der Waals surface area contributed by atoms with Crippen LogP contribution in [0.5, 0.6) is 0 Å². The van der Waals surface area contributed by atoms with E-state index in [0.29, 0.717) is 28.2 Å². The van der Waals surface area contributed by atoms with Crippen LogP contribution in [0.4, 0.5) is 0 Å². The van der Waals surface area contributed by atoms with Gasteiger partial charge in [-0.15, -0.1) is 0 Å². The van der Waals surface area contributed by atoms with Gasteiger partial charge in [0.2, 0.25) is 0 Å². The summed E-state index contributed by atoms with van der Waals surface area (Å²) in [5, 5.41) is 9.51. The van der Waals surface area contributed by atoms with E-state index in [1.807, 2.05) is 0 Å². The van der Waals surface area contributed by atoms with Gasteiger partial charge in [-0.3, -0.25) is 4.79 Å².